The van der Waals surface area contributed by atoms with Crippen LogP contribution in [0.2, 0.25) is 0 Å². The van der Waals surface area contributed by atoms with Crippen LogP contribution in [0.3, 0.4) is 0 Å². The van der Waals surface area contributed by atoms with Crippen LogP contribution in [0, 0.1) is 20.8 Å². The van der Waals surface area contributed by atoms with Gasteiger partial charge < -0.3 is 0 Å². The lowest BCUT2D eigenvalue weighted by molar-refractivity contribution is 1.07. The largest absolute Gasteiger partial charge is 0.121 e. The Hall–Kier alpha value is -1.29. The number of hydrogen-bond donors (Lipinski definition) is 0. The molecule has 0 aromatic heterocycles. The summed E-state index contributed by atoms with van der Waals surface area (Å²) in [5.41, 5.74) is 3.93. The van der Waals surface area contributed by atoms with Gasteiger partial charge in [-0.15, -0.1) is 35.3 Å². The Morgan fingerprint density at radius 3 is 1.11 bits per heavy atom. The first-order valence-corrected chi connectivity index (χ1v) is 11.8. The van der Waals surface area contributed by atoms with Crippen LogP contribution in [0.4, 0.5) is 0 Å². The number of rotatable bonds is 7. The molecule has 3 rings (SSSR count). The molecule has 3 aromatic rings. The van der Waals surface area contributed by atoms with Crippen LogP contribution in [-0.2, 0) is 0 Å². The van der Waals surface area contributed by atoms with Gasteiger partial charge >= 0.3 is 0 Å². The van der Waals surface area contributed by atoms with E-state index in [1.165, 1.54) is 31.4 Å². The van der Waals surface area contributed by atoms with Crippen molar-refractivity contribution < 1.29 is 0 Å². The Bertz CT molecular complexity index is 789. The Morgan fingerprint density at radius 2 is 0.778 bits per heavy atom. The van der Waals surface area contributed by atoms with Gasteiger partial charge in [0, 0.05) is 19.9 Å². The minimum atomic E-state index is 0.432. The van der Waals surface area contributed by atoms with Gasteiger partial charge in [0.05, 0.1) is 4.58 Å². The van der Waals surface area contributed by atoms with Crippen molar-refractivity contribution in [3.63, 3.8) is 0 Å². The zero-order chi connectivity index (χ0) is 19.2. The fourth-order valence-electron chi connectivity index (χ4n) is 2.60. The average Bonchev–Trinajstić information content (AvgIpc) is 2.66. The Balaban J connectivity index is 1.77. The third kappa shape index (κ3) is 6.38. The maximum Gasteiger partial charge on any atom is 0.0715 e. The quantitative estimate of drug-likeness (QED) is 0.286. The minimum absolute atomic E-state index is 0.432. The predicted octanol–water partition coefficient (Wildman–Crippen LogP) is 8.00. The van der Waals surface area contributed by atoms with Crippen LogP contribution in [0.15, 0.2) is 87.5 Å². The second kappa shape index (κ2) is 9.77. The third-order valence-corrected chi connectivity index (χ3v) is 8.75. The van der Waals surface area contributed by atoms with E-state index < -0.39 is 0 Å². The molecule has 3 heteroatoms. The molecule has 0 aliphatic rings. The highest BCUT2D eigenvalue weighted by Crippen LogP contribution is 2.43. The molecule has 0 fully saturated rings. The van der Waals surface area contributed by atoms with Gasteiger partial charge in [0.25, 0.3) is 0 Å². The van der Waals surface area contributed by atoms with Gasteiger partial charge in [0.1, 0.15) is 0 Å². The van der Waals surface area contributed by atoms with Crippen LogP contribution in [0.25, 0.3) is 0 Å². The smallest absolute Gasteiger partial charge is 0.0715 e. The van der Waals surface area contributed by atoms with E-state index in [2.05, 4.69) is 100 Å². The van der Waals surface area contributed by atoms with Crippen molar-refractivity contribution in [2.75, 3.05) is 0 Å². The van der Waals surface area contributed by atoms with Crippen molar-refractivity contribution >= 4 is 35.3 Å². The summed E-state index contributed by atoms with van der Waals surface area (Å²) in [4.78, 5) is 4.01. The maximum absolute atomic E-state index is 2.34. The molecule has 0 nitrogen and oxygen atoms in total. The molecule has 0 amide bonds. The highest BCUT2D eigenvalue weighted by Gasteiger charge is 2.21. The van der Waals surface area contributed by atoms with Crippen molar-refractivity contribution in [2.24, 2.45) is 0 Å². The zero-order valence-electron chi connectivity index (χ0n) is 16.3. The summed E-state index contributed by atoms with van der Waals surface area (Å²) < 4.78 is 0.432. The lowest BCUT2D eigenvalue weighted by atomic mass is 10.2. The standard InChI is InChI=1S/C24H26S3/c1-17-5-11-21(12-6-17)25-20(4)24(26-22-13-7-18(2)8-14-22)27-23-15-9-19(3)10-16-23/h5-16,20,24H,1-4H3/t20-/m0/s1. The summed E-state index contributed by atoms with van der Waals surface area (Å²) >= 11 is 5.90. The second-order valence-corrected chi connectivity index (χ2v) is 11.0. The summed E-state index contributed by atoms with van der Waals surface area (Å²) in [5, 5.41) is 0.477. The van der Waals surface area contributed by atoms with Gasteiger partial charge in [-0.2, -0.15) is 0 Å². The molecule has 1 atom stereocenters. The summed E-state index contributed by atoms with van der Waals surface area (Å²) in [6.07, 6.45) is 0. The first-order chi connectivity index (χ1) is 13.0. The van der Waals surface area contributed by atoms with E-state index in [9.17, 15) is 0 Å². The Morgan fingerprint density at radius 1 is 0.481 bits per heavy atom. The highest BCUT2D eigenvalue weighted by atomic mass is 32.2. The van der Waals surface area contributed by atoms with E-state index in [1.807, 2.05) is 35.3 Å². The third-order valence-electron chi connectivity index (χ3n) is 4.27. The first-order valence-electron chi connectivity index (χ1n) is 9.19. The minimum Gasteiger partial charge on any atom is -0.121 e. The number of thioether (sulfide) groups is 3. The normalized spacial score (nSPS) is 12.3. The molecule has 27 heavy (non-hydrogen) atoms. The van der Waals surface area contributed by atoms with Gasteiger partial charge in [-0.1, -0.05) is 60.0 Å². The molecule has 0 bridgehead atoms. The van der Waals surface area contributed by atoms with Gasteiger partial charge in [-0.3, -0.25) is 0 Å². The van der Waals surface area contributed by atoms with Gasteiger partial charge in [-0.25, -0.2) is 0 Å². The topological polar surface area (TPSA) is 0 Å². The molecule has 0 spiro atoms. The maximum atomic E-state index is 2.34. The summed E-state index contributed by atoms with van der Waals surface area (Å²) in [6.45, 7) is 8.77. The Labute approximate surface area is 176 Å². The molecular formula is C24H26S3. The van der Waals surface area contributed by atoms with Crippen LogP contribution < -0.4 is 0 Å². The Kier molecular flexibility index (Phi) is 7.40. The molecular weight excluding hydrogens is 384 g/mol. The molecule has 0 saturated carbocycles. The molecule has 0 aliphatic heterocycles. The van der Waals surface area contributed by atoms with Crippen LogP contribution in [0.5, 0.6) is 0 Å². The molecule has 0 unspecified atom stereocenters. The van der Waals surface area contributed by atoms with Gasteiger partial charge in [0.2, 0.25) is 0 Å². The molecule has 140 valence electrons. The molecule has 3 aromatic carbocycles. The highest BCUT2D eigenvalue weighted by molar-refractivity contribution is 8.18. The molecule has 0 N–H and O–H groups in total. The van der Waals surface area contributed by atoms with E-state index >= 15 is 0 Å². The van der Waals surface area contributed by atoms with Crippen molar-refractivity contribution in [1.82, 2.24) is 0 Å². The fourth-order valence-corrected chi connectivity index (χ4v) is 6.47. The van der Waals surface area contributed by atoms with Crippen LogP contribution in [0.1, 0.15) is 23.6 Å². The summed E-state index contributed by atoms with van der Waals surface area (Å²) in [7, 11) is 0. The van der Waals surface area contributed by atoms with Crippen molar-refractivity contribution in [1.29, 1.82) is 0 Å². The monoisotopic (exact) mass is 410 g/mol. The zero-order valence-corrected chi connectivity index (χ0v) is 18.8. The first kappa shape index (κ1) is 20.4. The number of benzene rings is 3. The molecule has 0 aliphatic carbocycles. The lowest BCUT2D eigenvalue weighted by Crippen LogP contribution is -2.12. The van der Waals surface area contributed by atoms with Crippen LogP contribution >= 0.6 is 35.3 Å². The van der Waals surface area contributed by atoms with Crippen molar-refractivity contribution in [3.05, 3.63) is 89.5 Å². The van der Waals surface area contributed by atoms with Crippen LogP contribution in [-0.4, -0.2) is 9.83 Å². The number of aryl methyl sites for hydroxylation is 3. The molecule has 0 saturated heterocycles. The van der Waals surface area contributed by atoms with E-state index in [1.54, 1.807) is 0 Å². The van der Waals surface area contributed by atoms with Gasteiger partial charge in [-0.05, 0) is 57.2 Å². The van der Waals surface area contributed by atoms with E-state index in [0.29, 0.717) is 9.83 Å². The summed E-state index contributed by atoms with van der Waals surface area (Å²) in [6, 6.07) is 26.6. The van der Waals surface area contributed by atoms with Gasteiger partial charge in [0.15, 0.2) is 0 Å². The predicted molar refractivity (Wildman–Crippen MR) is 124 cm³/mol. The molecule has 0 heterocycles. The average molecular weight is 411 g/mol. The van der Waals surface area contributed by atoms with Crippen molar-refractivity contribution in [3.8, 4) is 0 Å². The number of hydrogen-bond acceptors (Lipinski definition) is 3. The summed E-state index contributed by atoms with van der Waals surface area (Å²) in [5.74, 6) is 0. The van der Waals surface area contributed by atoms with E-state index in [4.69, 9.17) is 0 Å². The molecule has 0 radical (unpaired) electrons. The lowest BCUT2D eigenvalue weighted by Gasteiger charge is -2.23. The fraction of sp³-hybridized carbons (Fsp3) is 0.250. The van der Waals surface area contributed by atoms with E-state index in [-0.39, 0.29) is 0 Å². The van der Waals surface area contributed by atoms with Crippen molar-refractivity contribution in [2.45, 2.75) is 52.2 Å². The SMILES string of the molecule is Cc1ccc(SC(Sc2ccc(C)cc2)[C@H](C)Sc2ccc(C)cc2)cc1. The second-order valence-electron chi connectivity index (χ2n) is 6.87. The van der Waals surface area contributed by atoms with E-state index in [0.717, 1.165) is 0 Å².